The molecule has 3 rings (SSSR count). The largest absolute Gasteiger partial charge is 0.496 e. The molecule has 10 heteroatoms. The first-order valence-electron chi connectivity index (χ1n) is 9.64. The van der Waals surface area contributed by atoms with Crippen LogP contribution in [0.15, 0.2) is 41.2 Å². The number of hydrogen-bond acceptors (Lipinski definition) is 3. The van der Waals surface area contributed by atoms with Gasteiger partial charge in [0, 0.05) is 23.4 Å². The zero-order valence-electron chi connectivity index (χ0n) is 17.7. The van der Waals surface area contributed by atoms with Crippen molar-refractivity contribution in [1.29, 1.82) is 0 Å². The lowest BCUT2D eigenvalue weighted by atomic mass is 9.95. The van der Waals surface area contributed by atoms with Crippen molar-refractivity contribution >= 4 is 29.2 Å². The third kappa shape index (κ3) is 4.45. The lowest BCUT2D eigenvalue weighted by Gasteiger charge is -2.22. The number of halogens is 5. The number of hydrogen-bond donors (Lipinski definition) is 1. The molecule has 0 amide bonds. The van der Waals surface area contributed by atoms with E-state index in [-0.39, 0.29) is 33.4 Å². The maximum absolute atomic E-state index is 13.6. The molecular formula is C23H18Cl2F3NO4. The van der Waals surface area contributed by atoms with Gasteiger partial charge in [-0.2, -0.15) is 13.2 Å². The number of carboxylic acids is 1. The van der Waals surface area contributed by atoms with Gasteiger partial charge in [0.2, 0.25) is 5.43 Å². The summed E-state index contributed by atoms with van der Waals surface area (Å²) in [5, 5.41) is 10.3. The highest BCUT2D eigenvalue weighted by Gasteiger charge is 2.35. The first-order chi connectivity index (χ1) is 15.4. The number of carbonyl (C=O) groups is 1. The van der Waals surface area contributed by atoms with Gasteiger partial charge in [0.15, 0.2) is 0 Å². The lowest BCUT2D eigenvalue weighted by molar-refractivity contribution is -0.138. The van der Waals surface area contributed by atoms with Crippen LogP contribution in [0.2, 0.25) is 10.0 Å². The SMILES string of the molecule is CCn1c(C)c(-c2ccc(OC)c(C(F)(F)F)c2)c(=O)c(C(=O)O)c1-c1ccc(Cl)c(Cl)c1. The van der Waals surface area contributed by atoms with E-state index in [1.807, 2.05) is 0 Å². The number of pyridine rings is 1. The zero-order chi connectivity index (χ0) is 24.7. The highest BCUT2D eigenvalue weighted by Crippen LogP contribution is 2.39. The molecule has 33 heavy (non-hydrogen) atoms. The quantitative estimate of drug-likeness (QED) is 0.432. The maximum atomic E-state index is 13.6. The third-order valence-corrected chi connectivity index (χ3v) is 5.98. The molecule has 3 aromatic rings. The molecule has 2 aromatic carbocycles. The molecular weight excluding hydrogens is 482 g/mol. The van der Waals surface area contributed by atoms with E-state index in [1.54, 1.807) is 18.4 Å². The molecule has 1 N–H and O–H groups in total. The van der Waals surface area contributed by atoms with Gasteiger partial charge < -0.3 is 14.4 Å². The predicted molar refractivity (Wildman–Crippen MR) is 121 cm³/mol. The van der Waals surface area contributed by atoms with E-state index in [1.165, 1.54) is 24.3 Å². The summed E-state index contributed by atoms with van der Waals surface area (Å²) in [5.41, 5.74) is -2.08. The third-order valence-electron chi connectivity index (χ3n) is 5.24. The second kappa shape index (κ2) is 9.11. The van der Waals surface area contributed by atoms with Crippen LogP contribution >= 0.6 is 23.2 Å². The van der Waals surface area contributed by atoms with Crippen molar-refractivity contribution in [2.75, 3.05) is 7.11 Å². The highest BCUT2D eigenvalue weighted by molar-refractivity contribution is 6.42. The molecule has 1 aromatic heterocycles. The van der Waals surface area contributed by atoms with Gasteiger partial charge in [-0.15, -0.1) is 0 Å². The van der Waals surface area contributed by atoms with Crippen LogP contribution in [0.4, 0.5) is 13.2 Å². The Hall–Kier alpha value is -2.97. The van der Waals surface area contributed by atoms with Gasteiger partial charge in [-0.05, 0) is 43.7 Å². The zero-order valence-corrected chi connectivity index (χ0v) is 19.2. The molecule has 0 spiro atoms. The molecule has 1 heterocycles. The molecule has 0 radical (unpaired) electrons. The number of methoxy groups -OCH3 is 1. The van der Waals surface area contributed by atoms with E-state index in [4.69, 9.17) is 27.9 Å². The average Bonchev–Trinajstić information content (AvgIpc) is 2.74. The fraction of sp³-hybridized carbons (Fsp3) is 0.217. The van der Waals surface area contributed by atoms with Crippen LogP contribution in [0, 0.1) is 6.92 Å². The Morgan fingerprint density at radius 3 is 2.24 bits per heavy atom. The molecule has 0 saturated carbocycles. The van der Waals surface area contributed by atoms with Gasteiger partial charge in [0.25, 0.3) is 0 Å². The Kier molecular flexibility index (Phi) is 6.81. The first-order valence-corrected chi connectivity index (χ1v) is 10.4. The van der Waals surface area contributed by atoms with Crippen LogP contribution in [0.1, 0.15) is 28.5 Å². The molecule has 0 aliphatic heterocycles. The molecule has 174 valence electrons. The van der Waals surface area contributed by atoms with Gasteiger partial charge in [-0.25, -0.2) is 4.79 Å². The van der Waals surface area contributed by atoms with E-state index in [0.29, 0.717) is 11.3 Å². The Bertz CT molecular complexity index is 1320. The van der Waals surface area contributed by atoms with Crippen LogP contribution in [0.3, 0.4) is 0 Å². The Balaban J connectivity index is 2.44. The fourth-order valence-electron chi connectivity index (χ4n) is 3.80. The van der Waals surface area contributed by atoms with E-state index < -0.39 is 34.5 Å². The summed E-state index contributed by atoms with van der Waals surface area (Å²) in [6, 6.07) is 7.61. The van der Waals surface area contributed by atoms with Gasteiger partial charge in [-0.3, -0.25) is 4.79 Å². The Morgan fingerprint density at radius 2 is 1.73 bits per heavy atom. The molecule has 0 fully saturated rings. The summed E-state index contributed by atoms with van der Waals surface area (Å²) in [6.45, 7) is 3.50. The Labute approximate surface area is 196 Å². The number of rotatable bonds is 5. The van der Waals surface area contributed by atoms with Crippen LogP contribution in [-0.4, -0.2) is 22.8 Å². The standard InChI is InChI=1S/C23H18Cl2F3NO4/c1-4-29-11(2)18(12-6-8-17(33-3)14(9-12)23(26,27)28)21(30)19(22(31)32)20(29)13-5-7-15(24)16(25)10-13/h5-10H,4H2,1-3H3,(H,31,32). The second-order valence-corrected chi connectivity index (χ2v) is 7.92. The van der Waals surface area contributed by atoms with Crippen molar-refractivity contribution < 1.29 is 27.8 Å². The number of carboxylic acid groups (broad SMARTS) is 1. The van der Waals surface area contributed by atoms with Crippen LogP contribution in [0.5, 0.6) is 5.75 Å². The molecule has 0 saturated heterocycles. The molecule has 5 nitrogen and oxygen atoms in total. The van der Waals surface area contributed by atoms with Gasteiger partial charge in [0.1, 0.15) is 11.3 Å². The topological polar surface area (TPSA) is 68.5 Å². The van der Waals surface area contributed by atoms with E-state index >= 15 is 0 Å². The number of ether oxygens (including phenoxy) is 1. The highest BCUT2D eigenvalue weighted by atomic mass is 35.5. The minimum absolute atomic E-state index is 0.0731. The summed E-state index contributed by atoms with van der Waals surface area (Å²) in [6.07, 6.45) is -4.74. The van der Waals surface area contributed by atoms with Crippen molar-refractivity contribution in [3.8, 4) is 28.1 Å². The van der Waals surface area contributed by atoms with Gasteiger partial charge >= 0.3 is 12.1 Å². The number of nitrogens with zero attached hydrogens (tertiary/aromatic N) is 1. The predicted octanol–water partition coefficient (Wildman–Crippen LogP) is 6.54. The fourth-order valence-corrected chi connectivity index (χ4v) is 4.09. The van der Waals surface area contributed by atoms with Crippen molar-refractivity contribution in [3.63, 3.8) is 0 Å². The first kappa shape index (κ1) is 24.7. The average molecular weight is 500 g/mol. The Morgan fingerprint density at radius 1 is 1.09 bits per heavy atom. The van der Waals surface area contributed by atoms with Crippen LogP contribution in [-0.2, 0) is 12.7 Å². The van der Waals surface area contributed by atoms with E-state index in [9.17, 15) is 27.9 Å². The monoisotopic (exact) mass is 499 g/mol. The normalized spacial score (nSPS) is 11.5. The van der Waals surface area contributed by atoms with Crippen molar-refractivity contribution in [1.82, 2.24) is 4.57 Å². The van der Waals surface area contributed by atoms with Crippen LogP contribution < -0.4 is 10.2 Å². The molecule has 0 unspecified atom stereocenters. The summed E-state index contributed by atoms with van der Waals surface area (Å²) in [5.74, 6) is -1.93. The summed E-state index contributed by atoms with van der Waals surface area (Å²) in [4.78, 5) is 25.6. The number of benzene rings is 2. The van der Waals surface area contributed by atoms with Gasteiger partial charge in [-0.1, -0.05) is 35.3 Å². The van der Waals surface area contributed by atoms with Crippen molar-refractivity contribution in [2.45, 2.75) is 26.6 Å². The number of aromatic nitrogens is 1. The summed E-state index contributed by atoms with van der Waals surface area (Å²) in [7, 11) is 1.11. The molecule has 0 aliphatic rings. The number of aromatic carboxylic acids is 1. The smallest absolute Gasteiger partial charge is 0.419 e. The van der Waals surface area contributed by atoms with E-state index in [2.05, 4.69) is 0 Å². The van der Waals surface area contributed by atoms with Crippen molar-refractivity contribution in [3.05, 3.63) is 73.5 Å². The molecule has 0 bridgehead atoms. The summed E-state index contributed by atoms with van der Waals surface area (Å²) < 4.78 is 47.0. The number of alkyl halides is 3. The lowest BCUT2D eigenvalue weighted by Crippen LogP contribution is -2.25. The summed E-state index contributed by atoms with van der Waals surface area (Å²) >= 11 is 12.1. The minimum Gasteiger partial charge on any atom is -0.496 e. The second-order valence-electron chi connectivity index (χ2n) is 7.10. The maximum Gasteiger partial charge on any atom is 0.419 e. The molecule has 0 aliphatic carbocycles. The molecule has 0 atom stereocenters. The van der Waals surface area contributed by atoms with E-state index in [0.717, 1.165) is 19.2 Å². The van der Waals surface area contributed by atoms with Crippen LogP contribution in [0.25, 0.3) is 22.4 Å². The minimum atomic E-state index is -4.74. The van der Waals surface area contributed by atoms with Crippen molar-refractivity contribution in [2.24, 2.45) is 0 Å². The van der Waals surface area contributed by atoms with Gasteiger partial charge in [0.05, 0.1) is 28.4 Å².